The van der Waals surface area contributed by atoms with Crippen LogP contribution in [0.1, 0.15) is 22.7 Å². The van der Waals surface area contributed by atoms with Crippen LogP contribution in [0.4, 0.5) is 0 Å². The van der Waals surface area contributed by atoms with Gasteiger partial charge in [0.2, 0.25) is 0 Å². The number of hydrogen-bond acceptors (Lipinski definition) is 5. The fraction of sp³-hybridized carbons (Fsp3) is 0.217. The Morgan fingerprint density at radius 2 is 1.80 bits per heavy atom. The van der Waals surface area contributed by atoms with Gasteiger partial charge in [0.1, 0.15) is 16.4 Å². The van der Waals surface area contributed by atoms with E-state index in [-0.39, 0.29) is 10.9 Å². The van der Waals surface area contributed by atoms with Gasteiger partial charge in [0, 0.05) is 10.5 Å². The average Bonchev–Trinajstić information content (AvgIpc) is 2.76. The second-order valence-corrected chi connectivity index (χ2v) is 9.53. The molecule has 1 unspecified atom stereocenters. The van der Waals surface area contributed by atoms with E-state index in [4.69, 9.17) is 8.92 Å². The maximum absolute atomic E-state index is 12.6. The van der Waals surface area contributed by atoms with Crippen LogP contribution in [0, 0.1) is 0 Å². The summed E-state index contributed by atoms with van der Waals surface area (Å²) in [5, 5.41) is 3.56. The molecule has 3 aromatic rings. The molecule has 1 heterocycles. The molecule has 1 aliphatic heterocycles. The lowest BCUT2D eigenvalue weighted by Gasteiger charge is -2.28. The van der Waals surface area contributed by atoms with Crippen LogP contribution in [0.3, 0.4) is 0 Å². The molecule has 3 aromatic carbocycles. The highest BCUT2D eigenvalue weighted by atomic mass is 79.9. The van der Waals surface area contributed by atoms with E-state index in [9.17, 15) is 8.42 Å². The number of fused-ring (bicyclic) bond motifs is 1. The van der Waals surface area contributed by atoms with E-state index < -0.39 is 10.1 Å². The fourth-order valence-corrected chi connectivity index (χ4v) is 5.03. The van der Waals surface area contributed by atoms with E-state index in [0.717, 1.165) is 28.8 Å². The fourth-order valence-electron chi connectivity index (χ4n) is 3.68. The van der Waals surface area contributed by atoms with E-state index in [1.807, 2.05) is 12.1 Å². The van der Waals surface area contributed by atoms with E-state index in [2.05, 4.69) is 33.4 Å². The van der Waals surface area contributed by atoms with Crippen molar-refractivity contribution in [1.82, 2.24) is 5.32 Å². The third-order valence-electron chi connectivity index (χ3n) is 5.19. The highest BCUT2D eigenvalue weighted by Crippen LogP contribution is 2.32. The van der Waals surface area contributed by atoms with Crippen LogP contribution in [0.5, 0.6) is 11.5 Å². The van der Waals surface area contributed by atoms with Crippen molar-refractivity contribution < 1.29 is 17.3 Å². The monoisotopic (exact) mass is 487 g/mol. The molecule has 0 fully saturated rings. The third-order valence-corrected chi connectivity index (χ3v) is 7.22. The Labute approximate surface area is 185 Å². The van der Waals surface area contributed by atoms with E-state index in [0.29, 0.717) is 12.2 Å². The van der Waals surface area contributed by atoms with Gasteiger partial charge in [0.25, 0.3) is 0 Å². The first-order valence-electron chi connectivity index (χ1n) is 9.64. The molecule has 5 nitrogen and oxygen atoms in total. The molecule has 1 aliphatic rings. The van der Waals surface area contributed by atoms with Gasteiger partial charge in [-0.05, 0) is 78.5 Å². The molecule has 1 N–H and O–H groups in total. The summed E-state index contributed by atoms with van der Waals surface area (Å²) in [6.07, 6.45) is 1.64. The van der Waals surface area contributed by atoms with Crippen molar-refractivity contribution in [3.8, 4) is 11.5 Å². The quantitative estimate of drug-likeness (QED) is 0.512. The van der Waals surface area contributed by atoms with Crippen molar-refractivity contribution in [3.63, 3.8) is 0 Å². The molecule has 0 bridgehead atoms. The molecule has 0 radical (unpaired) electrons. The van der Waals surface area contributed by atoms with Gasteiger partial charge in [-0.15, -0.1) is 0 Å². The lowest BCUT2D eigenvalue weighted by atomic mass is 9.90. The highest BCUT2D eigenvalue weighted by Gasteiger charge is 2.22. The summed E-state index contributed by atoms with van der Waals surface area (Å²) in [5.41, 5.74) is 3.47. The summed E-state index contributed by atoms with van der Waals surface area (Å²) in [7, 11) is -2.20. The molecule has 1 atom stereocenters. The number of nitrogens with one attached hydrogen (secondary N) is 1. The summed E-state index contributed by atoms with van der Waals surface area (Å²) < 4.78 is 36.8. The predicted molar refractivity (Wildman–Crippen MR) is 120 cm³/mol. The van der Waals surface area contributed by atoms with Gasteiger partial charge in [-0.25, -0.2) is 0 Å². The first-order valence-corrected chi connectivity index (χ1v) is 11.8. The number of ether oxygens (including phenoxy) is 1. The maximum Gasteiger partial charge on any atom is 0.339 e. The van der Waals surface area contributed by atoms with Gasteiger partial charge in [-0.3, -0.25) is 0 Å². The van der Waals surface area contributed by atoms with Crippen LogP contribution in [0.25, 0.3) is 0 Å². The minimum absolute atomic E-state index is 0.122. The van der Waals surface area contributed by atoms with Crippen molar-refractivity contribution in [1.29, 1.82) is 0 Å². The second kappa shape index (κ2) is 8.79. The zero-order valence-corrected chi connectivity index (χ0v) is 18.9. The van der Waals surface area contributed by atoms with Crippen molar-refractivity contribution >= 4 is 26.0 Å². The SMILES string of the molecule is COc1ccc2c(c1)CCNC2Cc1cc(OS(=O)(=O)c2ccccc2)ccc1Br. The van der Waals surface area contributed by atoms with Crippen LogP contribution >= 0.6 is 15.9 Å². The molecule has 4 rings (SSSR count). The maximum atomic E-state index is 12.6. The summed E-state index contributed by atoms with van der Waals surface area (Å²) in [6, 6.07) is 19.7. The van der Waals surface area contributed by atoms with Gasteiger partial charge in [-0.1, -0.05) is 40.2 Å². The highest BCUT2D eigenvalue weighted by molar-refractivity contribution is 9.10. The number of hydrogen-bond donors (Lipinski definition) is 1. The lowest BCUT2D eigenvalue weighted by molar-refractivity contribution is 0.412. The first-order chi connectivity index (χ1) is 14.5. The number of rotatable bonds is 6. The van der Waals surface area contributed by atoms with E-state index >= 15 is 0 Å². The number of methoxy groups -OCH3 is 1. The molecule has 0 spiro atoms. The standard InChI is InChI=1S/C23H22BrNO4S/c1-28-18-7-9-21-16(13-18)11-12-25-23(21)15-17-14-19(8-10-22(17)24)29-30(26,27)20-5-3-2-4-6-20/h2-10,13-14,23,25H,11-12,15H2,1H3. The predicted octanol–water partition coefficient (Wildman–Crippen LogP) is 4.65. The van der Waals surface area contributed by atoms with Crippen molar-refractivity contribution in [3.05, 3.63) is 87.9 Å². The van der Waals surface area contributed by atoms with Gasteiger partial charge in [0.05, 0.1) is 7.11 Å². The Hall–Kier alpha value is -2.35. The van der Waals surface area contributed by atoms with Crippen LogP contribution in [0.2, 0.25) is 0 Å². The summed E-state index contributed by atoms with van der Waals surface area (Å²) in [5.74, 6) is 1.15. The summed E-state index contributed by atoms with van der Waals surface area (Å²) in [4.78, 5) is 0.131. The smallest absolute Gasteiger partial charge is 0.339 e. The van der Waals surface area contributed by atoms with Crippen LogP contribution in [-0.4, -0.2) is 22.1 Å². The molecule has 0 aromatic heterocycles. The molecule has 30 heavy (non-hydrogen) atoms. The minimum atomic E-state index is -3.88. The van der Waals surface area contributed by atoms with Gasteiger partial charge in [0.15, 0.2) is 0 Å². The number of halogens is 1. The normalized spacial score (nSPS) is 16.0. The zero-order valence-electron chi connectivity index (χ0n) is 16.5. The van der Waals surface area contributed by atoms with Crippen LogP contribution in [0.15, 0.2) is 76.1 Å². The lowest BCUT2D eigenvalue weighted by Crippen LogP contribution is -2.31. The zero-order chi connectivity index (χ0) is 21.1. The van der Waals surface area contributed by atoms with Crippen LogP contribution in [-0.2, 0) is 23.0 Å². The Morgan fingerprint density at radius 3 is 2.57 bits per heavy atom. The number of benzene rings is 3. The Kier molecular flexibility index (Phi) is 6.13. The Bertz CT molecular complexity index is 1150. The second-order valence-electron chi connectivity index (χ2n) is 7.13. The average molecular weight is 488 g/mol. The third kappa shape index (κ3) is 4.53. The molecule has 156 valence electrons. The van der Waals surface area contributed by atoms with Gasteiger partial charge >= 0.3 is 10.1 Å². The van der Waals surface area contributed by atoms with Crippen LogP contribution < -0.4 is 14.2 Å². The molecule has 0 amide bonds. The van der Waals surface area contributed by atoms with Crippen molar-refractivity contribution in [2.75, 3.05) is 13.7 Å². The molecule has 0 saturated carbocycles. The molecule has 0 aliphatic carbocycles. The molecule has 7 heteroatoms. The topological polar surface area (TPSA) is 64.6 Å². The Morgan fingerprint density at radius 1 is 1.03 bits per heavy atom. The first kappa shape index (κ1) is 20.9. The molecular weight excluding hydrogens is 466 g/mol. The minimum Gasteiger partial charge on any atom is -0.497 e. The van der Waals surface area contributed by atoms with Gasteiger partial charge in [-0.2, -0.15) is 8.42 Å². The molecule has 0 saturated heterocycles. The Balaban J connectivity index is 1.58. The van der Waals surface area contributed by atoms with E-state index in [1.54, 1.807) is 37.4 Å². The van der Waals surface area contributed by atoms with E-state index in [1.165, 1.54) is 23.3 Å². The van der Waals surface area contributed by atoms with Gasteiger partial charge < -0.3 is 14.2 Å². The summed E-state index contributed by atoms with van der Waals surface area (Å²) in [6.45, 7) is 0.876. The van der Waals surface area contributed by atoms with Crippen molar-refractivity contribution in [2.24, 2.45) is 0 Å². The molecular formula is C23H22BrNO4S. The largest absolute Gasteiger partial charge is 0.497 e. The summed E-state index contributed by atoms with van der Waals surface area (Å²) >= 11 is 3.59. The van der Waals surface area contributed by atoms with Crippen molar-refractivity contribution in [2.45, 2.75) is 23.8 Å².